The van der Waals surface area contributed by atoms with Crippen molar-refractivity contribution in [3.8, 4) is 0 Å². The number of ketones is 1. The Morgan fingerprint density at radius 2 is 1.92 bits per heavy atom. The average molecular weight is 354 g/mol. The summed E-state index contributed by atoms with van der Waals surface area (Å²) in [6.07, 6.45) is 1.47. The second-order valence-electron chi connectivity index (χ2n) is 5.68. The lowest BCUT2D eigenvalue weighted by Crippen LogP contribution is -2.27. The zero-order valence-corrected chi connectivity index (χ0v) is 14.8. The van der Waals surface area contributed by atoms with Gasteiger partial charge in [0.2, 0.25) is 5.78 Å². The van der Waals surface area contributed by atoms with Crippen LogP contribution in [-0.2, 0) is 6.54 Å². The van der Waals surface area contributed by atoms with E-state index in [1.54, 1.807) is 18.2 Å². The molecule has 128 valence electrons. The summed E-state index contributed by atoms with van der Waals surface area (Å²) >= 11 is 1.34. The Bertz CT molecular complexity index is 897. The number of urea groups is 1. The molecule has 3 rings (SSSR count). The molecule has 5 nitrogen and oxygen atoms in total. The van der Waals surface area contributed by atoms with Gasteiger partial charge < -0.3 is 15.1 Å². The molecule has 0 aliphatic heterocycles. The maximum Gasteiger partial charge on any atom is 0.319 e. The molecule has 0 fully saturated rings. The molecular weight excluding hydrogens is 336 g/mol. The Balaban J connectivity index is 1.55. The lowest BCUT2D eigenvalue weighted by Gasteiger charge is -2.08. The van der Waals surface area contributed by atoms with Crippen LogP contribution < -0.4 is 10.6 Å². The predicted octanol–water partition coefficient (Wildman–Crippen LogP) is 4.51. The highest BCUT2D eigenvalue weighted by Gasteiger charge is 2.14. The molecule has 0 radical (unpaired) electrons. The Hall–Kier alpha value is -2.86. The Labute approximate surface area is 149 Å². The molecule has 0 unspecified atom stereocenters. The van der Waals surface area contributed by atoms with Crippen LogP contribution in [0.5, 0.6) is 0 Å². The minimum atomic E-state index is -0.282. The van der Waals surface area contributed by atoms with E-state index in [1.807, 2.05) is 38.1 Å². The molecule has 0 bridgehead atoms. The summed E-state index contributed by atoms with van der Waals surface area (Å²) in [5, 5.41) is 5.60. The van der Waals surface area contributed by atoms with E-state index in [-0.39, 0.29) is 11.8 Å². The van der Waals surface area contributed by atoms with Gasteiger partial charge in [0.25, 0.3) is 0 Å². The molecule has 2 N–H and O–H groups in total. The van der Waals surface area contributed by atoms with Crippen LogP contribution in [0.15, 0.2) is 53.1 Å². The third-order valence-electron chi connectivity index (χ3n) is 3.82. The van der Waals surface area contributed by atoms with Crippen molar-refractivity contribution in [1.82, 2.24) is 5.32 Å². The smallest absolute Gasteiger partial charge is 0.319 e. The molecule has 0 aliphatic carbocycles. The Morgan fingerprint density at radius 1 is 1.08 bits per heavy atom. The lowest BCUT2D eigenvalue weighted by molar-refractivity contribution is 0.101. The Morgan fingerprint density at radius 3 is 2.64 bits per heavy atom. The van der Waals surface area contributed by atoms with Crippen molar-refractivity contribution < 1.29 is 14.0 Å². The number of hydrogen-bond donors (Lipinski definition) is 2. The van der Waals surface area contributed by atoms with Crippen LogP contribution >= 0.6 is 11.3 Å². The number of rotatable bonds is 5. The molecule has 3 aromatic rings. The number of amides is 2. The van der Waals surface area contributed by atoms with E-state index in [0.29, 0.717) is 17.2 Å². The number of nitrogens with one attached hydrogen (secondary N) is 2. The zero-order chi connectivity index (χ0) is 17.8. The Kier molecular flexibility index (Phi) is 5.00. The van der Waals surface area contributed by atoms with Gasteiger partial charge in [0.05, 0.1) is 17.7 Å². The fraction of sp³-hybridized carbons (Fsp3) is 0.158. The normalized spacial score (nSPS) is 10.5. The number of hydrogen-bond acceptors (Lipinski definition) is 4. The van der Waals surface area contributed by atoms with E-state index in [1.165, 1.54) is 23.2 Å². The first-order valence-corrected chi connectivity index (χ1v) is 8.63. The summed E-state index contributed by atoms with van der Waals surface area (Å²) in [6, 6.07) is 12.4. The van der Waals surface area contributed by atoms with E-state index in [9.17, 15) is 9.59 Å². The molecule has 2 amide bonds. The van der Waals surface area contributed by atoms with E-state index in [0.717, 1.165) is 16.1 Å². The predicted molar refractivity (Wildman–Crippen MR) is 98.2 cm³/mol. The number of anilines is 1. The van der Waals surface area contributed by atoms with Gasteiger partial charge in [-0.05, 0) is 61.4 Å². The maximum atomic E-state index is 12.2. The first kappa shape index (κ1) is 17.0. The standard InChI is InChI=1S/C19H18N2O3S/c1-12-5-6-14(10-13(12)2)21-19(23)20-11-15-7-8-17(25-15)18(22)16-4-3-9-24-16/h3-10H,11H2,1-2H3,(H2,20,21,23). The van der Waals surface area contributed by atoms with Crippen molar-refractivity contribution in [1.29, 1.82) is 0 Å². The van der Waals surface area contributed by atoms with Crippen LogP contribution in [0.3, 0.4) is 0 Å². The fourth-order valence-corrected chi connectivity index (χ4v) is 3.18. The van der Waals surface area contributed by atoms with Crippen LogP contribution in [0, 0.1) is 13.8 Å². The SMILES string of the molecule is Cc1ccc(NC(=O)NCc2ccc(C(=O)c3ccco3)s2)cc1C. The molecule has 0 saturated heterocycles. The summed E-state index contributed by atoms with van der Waals surface area (Å²) in [5.41, 5.74) is 3.05. The highest BCUT2D eigenvalue weighted by molar-refractivity contribution is 7.14. The van der Waals surface area contributed by atoms with Gasteiger partial charge in [-0.15, -0.1) is 11.3 Å². The quantitative estimate of drug-likeness (QED) is 0.662. The van der Waals surface area contributed by atoms with Gasteiger partial charge in [0.1, 0.15) is 0 Å². The summed E-state index contributed by atoms with van der Waals surface area (Å²) in [4.78, 5) is 25.7. The third-order valence-corrected chi connectivity index (χ3v) is 4.90. The van der Waals surface area contributed by atoms with Crippen molar-refractivity contribution in [2.45, 2.75) is 20.4 Å². The first-order valence-electron chi connectivity index (χ1n) is 7.82. The monoisotopic (exact) mass is 354 g/mol. The van der Waals surface area contributed by atoms with Crippen LogP contribution in [0.2, 0.25) is 0 Å². The number of benzene rings is 1. The average Bonchev–Trinajstić information content (AvgIpc) is 3.27. The zero-order valence-electron chi connectivity index (χ0n) is 14.0. The highest BCUT2D eigenvalue weighted by atomic mass is 32.1. The second kappa shape index (κ2) is 7.36. The molecule has 1 aromatic carbocycles. The van der Waals surface area contributed by atoms with Gasteiger partial charge in [0.15, 0.2) is 5.76 Å². The van der Waals surface area contributed by atoms with Crippen LogP contribution in [0.4, 0.5) is 10.5 Å². The van der Waals surface area contributed by atoms with Crippen molar-refractivity contribution in [3.05, 3.63) is 75.4 Å². The maximum absolute atomic E-state index is 12.2. The molecule has 2 aromatic heterocycles. The lowest BCUT2D eigenvalue weighted by atomic mass is 10.1. The van der Waals surface area contributed by atoms with Gasteiger partial charge in [-0.25, -0.2) is 4.79 Å². The van der Waals surface area contributed by atoms with Crippen molar-refractivity contribution >= 4 is 28.8 Å². The van der Waals surface area contributed by atoms with Gasteiger partial charge >= 0.3 is 6.03 Å². The van der Waals surface area contributed by atoms with Crippen molar-refractivity contribution in [2.24, 2.45) is 0 Å². The molecule has 0 atom stereocenters. The van der Waals surface area contributed by atoms with Crippen LogP contribution in [-0.4, -0.2) is 11.8 Å². The summed E-state index contributed by atoms with van der Waals surface area (Å²) in [7, 11) is 0. The summed E-state index contributed by atoms with van der Waals surface area (Å²) < 4.78 is 5.12. The molecule has 2 heterocycles. The molecule has 0 spiro atoms. The number of furan rings is 1. The van der Waals surface area contributed by atoms with Crippen LogP contribution in [0.1, 0.15) is 31.4 Å². The molecular formula is C19H18N2O3S. The number of thiophene rings is 1. The van der Waals surface area contributed by atoms with Gasteiger partial charge in [-0.2, -0.15) is 0 Å². The van der Waals surface area contributed by atoms with Gasteiger partial charge in [0, 0.05) is 10.6 Å². The molecule has 0 aliphatic rings. The van der Waals surface area contributed by atoms with Crippen molar-refractivity contribution in [2.75, 3.05) is 5.32 Å². The van der Waals surface area contributed by atoms with Crippen LogP contribution in [0.25, 0.3) is 0 Å². The molecule has 0 saturated carbocycles. The second-order valence-corrected chi connectivity index (χ2v) is 6.85. The topological polar surface area (TPSA) is 71.3 Å². The highest BCUT2D eigenvalue weighted by Crippen LogP contribution is 2.20. The third kappa shape index (κ3) is 4.16. The molecule has 25 heavy (non-hydrogen) atoms. The minimum Gasteiger partial charge on any atom is -0.461 e. The van der Waals surface area contributed by atoms with E-state index >= 15 is 0 Å². The fourth-order valence-electron chi connectivity index (χ4n) is 2.29. The van der Waals surface area contributed by atoms with E-state index in [2.05, 4.69) is 10.6 Å². The number of aryl methyl sites for hydroxylation is 2. The van der Waals surface area contributed by atoms with E-state index in [4.69, 9.17) is 4.42 Å². The number of carbonyl (C=O) groups is 2. The minimum absolute atomic E-state index is 0.152. The van der Waals surface area contributed by atoms with E-state index < -0.39 is 0 Å². The van der Waals surface area contributed by atoms with Gasteiger partial charge in [-0.3, -0.25) is 4.79 Å². The number of carbonyl (C=O) groups excluding carboxylic acids is 2. The summed E-state index contributed by atoms with van der Waals surface area (Å²) in [6.45, 7) is 4.38. The molecule has 6 heteroatoms. The van der Waals surface area contributed by atoms with Gasteiger partial charge in [-0.1, -0.05) is 6.07 Å². The summed E-state index contributed by atoms with van der Waals surface area (Å²) in [5.74, 6) is 0.162. The first-order chi connectivity index (χ1) is 12.0. The largest absolute Gasteiger partial charge is 0.461 e. The van der Waals surface area contributed by atoms with Crippen molar-refractivity contribution in [3.63, 3.8) is 0 Å².